The largest absolute Gasteiger partial charge is 0.475 e. The van der Waals surface area contributed by atoms with E-state index in [-0.39, 0.29) is 18.4 Å². The highest BCUT2D eigenvalue weighted by atomic mass is 19.4. The van der Waals surface area contributed by atoms with Gasteiger partial charge in [-0.1, -0.05) is 6.07 Å². The van der Waals surface area contributed by atoms with Crippen LogP contribution < -0.4 is 4.74 Å². The van der Waals surface area contributed by atoms with Crippen molar-refractivity contribution in [2.24, 2.45) is 0 Å². The second kappa shape index (κ2) is 8.82. The van der Waals surface area contributed by atoms with E-state index in [2.05, 4.69) is 15.0 Å². The number of aryl methyl sites for hydroxylation is 1. The first-order chi connectivity index (χ1) is 14.1. The van der Waals surface area contributed by atoms with Crippen molar-refractivity contribution in [1.82, 2.24) is 19.9 Å². The lowest BCUT2D eigenvalue weighted by molar-refractivity contribution is -0.141. The summed E-state index contributed by atoms with van der Waals surface area (Å²) >= 11 is 0. The Morgan fingerprint density at radius 1 is 1.30 bits per heavy atom. The average molecular weight is 426 g/mol. The van der Waals surface area contributed by atoms with Gasteiger partial charge in [-0.05, 0) is 25.8 Å². The van der Waals surface area contributed by atoms with Crippen LogP contribution in [0.2, 0.25) is 0 Å². The maximum Gasteiger partial charge on any atom is 0.433 e. The smallest absolute Gasteiger partial charge is 0.433 e. The number of likely N-dealkylation sites (tertiary alicyclic amines) is 1. The Bertz CT molecular complexity index is 902. The second-order valence-electron chi connectivity index (χ2n) is 6.99. The van der Waals surface area contributed by atoms with Gasteiger partial charge < -0.3 is 19.8 Å². The number of amides is 1. The summed E-state index contributed by atoms with van der Waals surface area (Å²) < 4.78 is 43.6. The number of hydrogen-bond donors (Lipinski definition) is 2. The van der Waals surface area contributed by atoms with Crippen molar-refractivity contribution >= 4 is 6.09 Å². The molecule has 2 N–H and O–H groups in total. The molecule has 1 aliphatic heterocycles. The van der Waals surface area contributed by atoms with Gasteiger partial charge >= 0.3 is 12.3 Å². The van der Waals surface area contributed by atoms with Crippen LogP contribution in [0.5, 0.6) is 5.88 Å². The number of pyridine rings is 1. The summed E-state index contributed by atoms with van der Waals surface area (Å²) in [5, 5.41) is 19.7. The van der Waals surface area contributed by atoms with E-state index in [1.54, 1.807) is 6.92 Å². The number of aliphatic hydroxyl groups excluding tert-OH is 1. The van der Waals surface area contributed by atoms with Gasteiger partial charge in [0.25, 0.3) is 0 Å². The van der Waals surface area contributed by atoms with Crippen LogP contribution in [0.25, 0.3) is 0 Å². The molecule has 1 saturated heterocycles. The SMILES string of the molecule is Cc1ncc(C(O)COc2cccc(C(F)(F)F)n2)c(C2CCN(C(=O)O)CC2)n1. The topological polar surface area (TPSA) is 109 Å². The van der Waals surface area contributed by atoms with Crippen LogP contribution in [-0.2, 0) is 6.18 Å². The third-order valence-electron chi connectivity index (χ3n) is 4.88. The van der Waals surface area contributed by atoms with Crippen molar-refractivity contribution in [3.05, 3.63) is 47.2 Å². The molecule has 0 saturated carbocycles. The normalized spacial score (nSPS) is 16.4. The summed E-state index contributed by atoms with van der Waals surface area (Å²) in [7, 11) is 0. The van der Waals surface area contributed by atoms with E-state index in [9.17, 15) is 23.1 Å². The minimum absolute atomic E-state index is 0.0707. The number of aromatic nitrogens is 3. The van der Waals surface area contributed by atoms with Crippen molar-refractivity contribution in [1.29, 1.82) is 0 Å². The fourth-order valence-electron chi connectivity index (χ4n) is 3.33. The first-order valence-electron chi connectivity index (χ1n) is 9.31. The highest BCUT2D eigenvalue weighted by Crippen LogP contribution is 2.32. The van der Waals surface area contributed by atoms with Crippen LogP contribution in [0, 0.1) is 6.92 Å². The van der Waals surface area contributed by atoms with Gasteiger partial charge in [-0.3, -0.25) is 0 Å². The van der Waals surface area contributed by atoms with Gasteiger partial charge in [0.05, 0.1) is 5.69 Å². The molecule has 3 rings (SSSR count). The Kier molecular flexibility index (Phi) is 6.40. The molecule has 0 aromatic carbocycles. The van der Waals surface area contributed by atoms with Crippen LogP contribution >= 0.6 is 0 Å². The molecule has 1 amide bonds. The lowest BCUT2D eigenvalue weighted by Gasteiger charge is -2.31. The molecule has 0 aliphatic carbocycles. The summed E-state index contributed by atoms with van der Waals surface area (Å²) in [6, 6.07) is 3.28. The van der Waals surface area contributed by atoms with Crippen LogP contribution in [0.1, 0.15) is 47.6 Å². The third kappa shape index (κ3) is 5.15. The van der Waals surface area contributed by atoms with Crippen molar-refractivity contribution in [3.63, 3.8) is 0 Å². The fraction of sp³-hybridized carbons (Fsp3) is 0.474. The van der Waals surface area contributed by atoms with Gasteiger partial charge in [0, 0.05) is 36.8 Å². The number of piperidine rings is 1. The quantitative estimate of drug-likeness (QED) is 0.756. The molecule has 1 atom stereocenters. The van der Waals surface area contributed by atoms with Crippen molar-refractivity contribution in [2.45, 2.75) is 38.0 Å². The standard InChI is InChI=1S/C19H21F3N4O4/c1-11-23-9-13(17(24-11)12-5-7-26(8-6-12)18(28)29)14(27)10-30-16-4-2-3-15(25-16)19(20,21)22/h2-4,9,12,14,27H,5-8,10H2,1H3,(H,28,29). The predicted molar refractivity (Wildman–Crippen MR) is 98.0 cm³/mol. The summed E-state index contributed by atoms with van der Waals surface area (Å²) in [4.78, 5) is 24.4. The van der Waals surface area contributed by atoms with Crippen molar-refractivity contribution in [3.8, 4) is 5.88 Å². The lowest BCUT2D eigenvalue weighted by atomic mass is 9.89. The van der Waals surface area contributed by atoms with E-state index in [1.807, 2.05) is 0 Å². The van der Waals surface area contributed by atoms with Crippen LogP contribution in [0.3, 0.4) is 0 Å². The third-order valence-corrected chi connectivity index (χ3v) is 4.88. The van der Waals surface area contributed by atoms with Gasteiger partial charge in [0.1, 0.15) is 24.2 Å². The number of ether oxygens (including phenoxy) is 1. The van der Waals surface area contributed by atoms with Gasteiger partial charge in [-0.2, -0.15) is 13.2 Å². The fourth-order valence-corrected chi connectivity index (χ4v) is 3.33. The number of carbonyl (C=O) groups is 1. The monoisotopic (exact) mass is 426 g/mol. The van der Waals surface area contributed by atoms with E-state index in [0.717, 1.165) is 6.07 Å². The van der Waals surface area contributed by atoms with E-state index < -0.39 is 24.1 Å². The van der Waals surface area contributed by atoms with Gasteiger partial charge in [-0.15, -0.1) is 0 Å². The number of halogens is 3. The molecule has 1 fully saturated rings. The lowest BCUT2D eigenvalue weighted by Crippen LogP contribution is -2.37. The summed E-state index contributed by atoms with van der Waals surface area (Å²) in [5.74, 6) is 0.175. The average Bonchev–Trinajstić information content (AvgIpc) is 2.71. The highest BCUT2D eigenvalue weighted by molar-refractivity contribution is 5.65. The van der Waals surface area contributed by atoms with E-state index in [4.69, 9.17) is 9.84 Å². The number of hydrogen-bond acceptors (Lipinski definition) is 6. The zero-order valence-electron chi connectivity index (χ0n) is 16.1. The minimum atomic E-state index is -4.60. The number of aliphatic hydroxyl groups is 1. The Hall–Kier alpha value is -2.95. The molecule has 30 heavy (non-hydrogen) atoms. The molecular formula is C19H21F3N4O4. The number of alkyl halides is 3. The zero-order chi connectivity index (χ0) is 21.9. The van der Waals surface area contributed by atoms with Crippen molar-refractivity contribution in [2.75, 3.05) is 19.7 Å². The second-order valence-corrected chi connectivity index (χ2v) is 6.99. The van der Waals surface area contributed by atoms with Gasteiger partial charge in [0.15, 0.2) is 0 Å². The molecule has 1 aliphatic rings. The molecule has 162 valence electrons. The van der Waals surface area contributed by atoms with Crippen LogP contribution in [-0.4, -0.2) is 55.9 Å². The summed E-state index contributed by atoms with van der Waals surface area (Å²) in [6.45, 7) is 2.07. The molecule has 0 bridgehead atoms. The molecule has 2 aromatic rings. The Morgan fingerprint density at radius 3 is 2.63 bits per heavy atom. The van der Waals surface area contributed by atoms with Crippen LogP contribution in [0.4, 0.5) is 18.0 Å². The Morgan fingerprint density at radius 2 is 2.00 bits per heavy atom. The molecule has 1 unspecified atom stereocenters. The van der Waals surface area contributed by atoms with E-state index in [1.165, 1.54) is 23.2 Å². The van der Waals surface area contributed by atoms with Gasteiger partial charge in [0.2, 0.25) is 5.88 Å². The van der Waals surface area contributed by atoms with Crippen molar-refractivity contribution < 1.29 is 32.9 Å². The molecule has 0 radical (unpaired) electrons. The summed E-state index contributed by atoms with van der Waals surface area (Å²) in [5.41, 5.74) is -0.0824. The number of rotatable bonds is 5. The summed E-state index contributed by atoms with van der Waals surface area (Å²) in [6.07, 6.45) is -4.21. The first kappa shape index (κ1) is 21.8. The molecule has 11 heteroatoms. The van der Waals surface area contributed by atoms with Gasteiger partial charge in [-0.25, -0.2) is 19.7 Å². The maximum atomic E-state index is 12.8. The number of nitrogens with zero attached hydrogens (tertiary/aromatic N) is 4. The Labute approximate surface area is 170 Å². The minimum Gasteiger partial charge on any atom is -0.475 e. The van der Waals surface area contributed by atoms with E-state index >= 15 is 0 Å². The molecule has 0 spiro atoms. The molecular weight excluding hydrogens is 405 g/mol. The number of carboxylic acid groups (broad SMARTS) is 1. The molecule has 2 aromatic heterocycles. The van der Waals surface area contributed by atoms with Crippen LogP contribution in [0.15, 0.2) is 24.4 Å². The molecule has 8 nitrogen and oxygen atoms in total. The maximum absolute atomic E-state index is 12.8. The molecule has 3 heterocycles. The Balaban J connectivity index is 1.72. The first-order valence-corrected chi connectivity index (χ1v) is 9.31. The highest BCUT2D eigenvalue weighted by Gasteiger charge is 2.33. The zero-order valence-corrected chi connectivity index (χ0v) is 16.1. The van der Waals surface area contributed by atoms with E-state index in [0.29, 0.717) is 43.0 Å². The predicted octanol–water partition coefficient (Wildman–Crippen LogP) is 3.17.